The Morgan fingerprint density at radius 1 is 1.35 bits per heavy atom. The number of carbonyl (C=O) groups excluding carboxylic acids is 1. The SMILES string of the molecule is CCN(CC)C(N)=NCCNC(=O)c1cccc(C)c1. The lowest BCUT2D eigenvalue weighted by Crippen LogP contribution is -2.37. The Bertz CT molecular complexity index is 467. The van der Waals surface area contributed by atoms with Crippen molar-refractivity contribution in [2.45, 2.75) is 20.8 Å². The van der Waals surface area contributed by atoms with Gasteiger partial charge in [-0.1, -0.05) is 17.7 Å². The van der Waals surface area contributed by atoms with Gasteiger partial charge in [0, 0.05) is 25.2 Å². The number of guanidine groups is 1. The van der Waals surface area contributed by atoms with Crippen LogP contribution < -0.4 is 11.1 Å². The first-order chi connectivity index (χ1) is 9.58. The summed E-state index contributed by atoms with van der Waals surface area (Å²) in [6.45, 7) is 8.67. The minimum Gasteiger partial charge on any atom is -0.370 e. The standard InChI is InChI=1S/C15H24N4O/c1-4-19(5-2)15(16)18-10-9-17-14(20)13-8-6-7-12(3)11-13/h6-8,11H,4-5,9-10H2,1-3H3,(H2,16,18)(H,17,20). The number of aryl methyl sites for hydroxylation is 1. The van der Waals surface area contributed by atoms with Crippen molar-refractivity contribution in [2.24, 2.45) is 10.7 Å². The summed E-state index contributed by atoms with van der Waals surface area (Å²) in [5.41, 5.74) is 7.59. The van der Waals surface area contributed by atoms with Crippen molar-refractivity contribution in [1.29, 1.82) is 0 Å². The molecule has 0 aliphatic carbocycles. The molecule has 0 aliphatic rings. The second kappa shape index (κ2) is 8.19. The molecule has 1 amide bonds. The van der Waals surface area contributed by atoms with E-state index >= 15 is 0 Å². The Morgan fingerprint density at radius 3 is 2.65 bits per heavy atom. The van der Waals surface area contributed by atoms with Gasteiger partial charge in [-0.3, -0.25) is 9.79 Å². The van der Waals surface area contributed by atoms with Crippen molar-refractivity contribution in [3.63, 3.8) is 0 Å². The second-order valence-electron chi connectivity index (χ2n) is 4.54. The summed E-state index contributed by atoms with van der Waals surface area (Å²) in [4.78, 5) is 18.1. The van der Waals surface area contributed by atoms with Gasteiger partial charge >= 0.3 is 0 Å². The van der Waals surface area contributed by atoms with Gasteiger partial charge in [-0.2, -0.15) is 0 Å². The van der Waals surface area contributed by atoms with Gasteiger partial charge in [-0.15, -0.1) is 0 Å². The maximum absolute atomic E-state index is 11.9. The second-order valence-corrected chi connectivity index (χ2v) is 4.54. The van der Waals surface area contributed by atoms with E-state index < -0.39 is 0 Å². The van der Waals surface area contributed by atoms with E-state index in [0.717, 1.165) is 18.7 Å². The molecule has 0 aromatic heterocycles. The summed E-state index contributed by atoms with van der Waals surface area (Å²) in [7, 11) is 0. The van der Waals surface area contributed by atoms with Crippen molar-refractivity contribution in [1.82, 2.24) is 10.2 Å². The van der Waals surface area contributed by atoms with E-state index in [-0.39, 0.29) is 5.91 Å². The van der Waals surface area contributed by atoms with Crippen molar-refractivity contribution in [2.75, 3.05) is 26.2 Å². The fourth-order valence-electron chi connectivity index (χ4n) is 1.88. The van der Waals surface area contributed by atoms with Crippen molar-refractivity contribution in [3.05, 3.63) is 35.4 Å². The van der Waals surface area contributed by atoms with Crippen LogP contribution in [0.15, 0.2) is 29.3 Å². The summed E-state index contributed by atoms with van der Waals surface area (Å²) < 4.78 is 0. The zero-order valence-electron chi connectivity index (χ0n) is 12.5. The van der Waals surface area contributed by atoms with Crippen molar-refractivity contribution in [3.8, 4) is 0 Å². The fraction of sp³-hybridized carbons (Fsp3) is 0.467. The summed E-state index contributed by atoms with van der Waals surface area (Å²) in [5, 5.41) is 2.84. The molecule has 0 atom stereocenters. The quantitative estimate of drug-likeness (QED) is 0.468. The molecule has 0 radical (unpaired) electrons. The Kier molecular flexibility index (Phi) is 6.56. The highest BCUT2D eigenvalue weighted by molar-refractivity contribution is 5.94. The summed E-state index contributed by atoms with van der Waals surface area (Å²) in [5.74, 6) is 0.449. The van der Waals surface area contributed by atoms with Crippen LogP contribution >= 0.6 is 0 Å². The van der Waals surface area contributed by atoms with E-state index in [1.165, 1.54) is 0 Å². The molecule has 1 aromatic rings. The first-order valence-electron chi connectivity index (χ1n) is 6.98. The maximum atomic E-state index is 11.9. The first-order valence-corrected chi connectivity index (χ1v) is 6.98. The lowest BCUT2D eigenvalue weighted by atomic mass is 10.1. The number of amides is 1. The summed E-state index contributed by atoms with van der Waals surface area (Å²) in [6.07, 6.45) is 0. The van der Waals surface area contributed by atoms with E-state index in [2.05, 4.69) is 10.3 Å². The van der Waals surface area contributed by atoms with E-state index in [9.17, 15) is 4.79 Å². The number of aliphatic imine (C=N–C) groups is 1. The van der Waals surface area contributed by atoms with Crippen LogP contribution in [0.25, 0.3) is 0 Å². The third-order valence-electron chi connectivity index (χ3n) is 3.04. The highest BCUT2D eigenvalue weighted by atomic mass is 16.1. The Morgan fingerprint density at radius 2 is 2.05 bits per heavy atom. The zero-order chi connectivity index (χ0) is 15.0. The molecular formula is C15H24N4O. The van der Waals surface area contributed by atoms with Gasteiger partial charge in [-0.05, 0) is 32.9 Å². The van der Waals surface area contributed by atoms with E-state index in [0.29, 0.717) is 24.6 Å². The average Bonchev–Trinajstić information content (AvgIpc) is 2.44. The molecular weight excluding hydrogens is 252 g/mol. The number of rotatable bonds is 6. The average molecular weight is 276 g/mol. The number of benzene rings is 1. The van der Waals surface area contributed by atoms with Gasteiger partial charge in [0.1, 0.15) is 0 Å². The normalized spacial score (nSPS) is 11.2. The van der Waals surface area contributed by atoms with Gasteiger partial charge in [-0.25, -0.2) is 0 Å². The minimum absolute atomic E-state index is 0.0784. The molecule has 0 saturated carbocycles. The molecule has 0 spiro atoms. The summed E-state index contributed by atoms with van der Waals surface area (Å²) in [6, 6.07) is 7.51. The summed E-state index contributed by atoms with van der Waals surface area (Å²) >= 11 is 0. The van der Waals surface area contributed by atoms with Crippen molar-refractivity contribution >= 4 is 11.9 Å². The molecule has 110 valence electrons. The van der Waals surface area contributed by atoms with Crippen LogP contribution in [-0.4, -0.2) is 42.9 Å². The predicted molar refractivity (Wildman–Crippen MR) is 82.9 cm³/mol. The lowest BCUT2D eigenvalue weighted by molar-refractivity contribution is 0.0954. The minimum atomic E-state index is -0.0784. The number of hydrogen-bond acceptors (Lipinski definition) is 2. The topological polar surface area (TPSA) is 70.7 Å². The third kappa shape index (κ3) is 4.91. The van der Waals surface area contributed by atoms with Crippen LogP contribution in [0, 0.1) is 6.92 Å². The van der Waals surface area contributed by atoms with Gasteiger partial charge < -0.3 is 16.0 Å². The fourth-order valence-corrected chi connectivity index (χ4v) is 1.88. The van der Waals surface area contributed by atoms with Crippen LogP contribution in [0.5, 0.6) is 0 Å². The van der Waals surface area contributed by atoms with Crippen LogP contribution in [0.2, 0.25) is 0 Å². The molecule has 0 bridgehead atoms. The van der Waals surface area contributed by atoms with E-state index in [4.69, 9.17) is 5.73 Å². The Balaban J connectivity index is 2.41. The smallest absolute Gasteiger partial charge is 0.251 e. The number of nitrogens with zero attached hydrogens (tertiary/aromatic N) is 2. The Labute approximate surface area is 120 Å². The molecule has 0 aliphatic heterocycles. The molecule has 20 heavy (non-hydrogen) atoms. The highest BCUT2D eigenvalue weighted by Gasteiger charge is 2.04. The van der Waals surface area contributed by atoms with Gasteiger partial charge in [0.05, 0.1) is 6.54 Å². The van der Waals surface area contributed by atoms with E-state index in [1.807, 2.05) is 43.9 Å². The molecule has 0 saturated heterocycles. The number of carbonyl (C=O) groups is 1. The van der Waals surface area contributed by atoms with Gasteiger partial charge in [0.15, 0.2) is 5.96 Å². The molecule has 5 nitrogen and oxygen atoms in total. The predicted octanol–water partition coefficient (Wildman–Crippen LogP) is 1.38. The number of nitrogens with one attached hydrogen (secondary N) is 1. The maximum Gasteiger partial charge on any atom is 0.251 e. The zero-order valence-corrected chi connectivity index (χ0v) is 12.5. The van der Waals surface area contributed by atoms with E-state index in [1.54, 1.807) is 6.07 Å². The molecule has 0 heterocycles. The van der Waals surface area contributed by atoms with Gasteiger partial charge in [0.2, 0.25) is 0 Å². The Hall–Kier alpha value is -2.04. The number of hydrogen-bond donors (Lipinski definition) is 2. The molecule has 0 unspecified atom stereocenters. The molecule has 0 fully saturated rings. The van der Waals surface area contributed by atoms with Crippen LogP contribution in [-0.2, 0) is 0 Å². The molecule has 1 aromatic carbocycles. The molecule has 1 rings (SSSR count). The highest BCUT2D eigenvalue weighted by Crippen LogP contribution is 2.03. The van der Waals surface area contributed by atoms with Crippen LogP contribution in [0.3, 0.4) is 0 Å². The van der Waals surface area contributed by atoms with Crippen molar-refractivity contribution < 1.29 is 4.79 Å². The lowest BCUT2D eigenvalue weighted by Gasteiger charge is -2.19. The molecule has 3 N–H and O–H groups in total. The monoisotopic (exact) mass is 276 g/mol. The third-order valence-corrected chi connectivity index (χ3v) is 3.04. The van der Waals surface area contributed by atoms with Crippen LogP contribution in [0.4, 0.5) is 0 Å². The van der Waals surface area contributed by atoms with Gasteiger partial charge in [0.25, 0.3) is 5.91 Å². The number of nitrogens with two attached hydrogens (primary N) is 1. The van der Waals surface area contributed by atoms with Crippen LogP contribution in [0.1, 0.15) is 29.8 Å². The molecule has 5 heteroatoms. The first kappa shape index (κ1) is 16.0. The largest absolute Gasteiger partial charge is 0.370 e.